The monoisotopic (exact) mass is 240 g/mol. The van der Waals surface area contributed by atoms with Crippen LogP contribution in [-0.2, 0) is 9.47 Å². The van der Waals surface area contributed by atoms with Crippen molar-refractivity contribution in [1.29, 1.82) is 0 Å². The van der Waals surface area contributed by atoms with Gasteiger partial charge in [0.1, 0.15) is 0 Å². The van der Waals surface area contributed by atoms with Gasteiger partial charge < -0.3 is 9.47 Å². The fourth-order valence-electron chi connectivity index (χ4n) is 2.26. The Labute approximate surface area is 106 Å². The molecule has 0 aromatic rings. The number of rotatable bonds is 8. The Balaban J connectivity index is 2.26. The molecule has 0 aliphatic heterocycles. The van der Waals surface area contributed by atoms with Crippen LogP contribution in [0.4, 0.5) is 0 Å². The van der Waals surface area contributed by atoms with Gasteiger partial charge in [-0.25, -0.2) is 0 Å². The van der Waals surface area contributed by atoms with Gasteiger partial charge in [0.2, 0.25) is 0 Å². The highest BCUT2D eigenvalue weighted by atomic mass is 16.5. The molecule has 0 saturated carbocycles. The summed E-state index contributed by atoms with van der Waals surface area (Å²) < 4.78 is 11.5. The summed E-state index contributed by atoms with van der Waals surface area (Å²) in [5.74, 6) is 0. The Kier molecular flexibility index (Phi) is 7.54. The van der Waals surface area contributed by atoms with E-state index in [2.05, 4.69) is 20.8 Å². The number of hydrogen-bond donors (Lipinski definition) is 0. The lowest BCUT2D eigenvalue weighted by atomic mass is 9.91. The van der Waals surface area contributed by atoms with Gasteiger partial charge in [0, 0.05) is 13.2 Å². The van der Waals surface area contributed by atoms with E-state index >= 15 is 0 Å². The highest BCUT2D eigenvalue weighted by Gasteiger charge is 2.19. The topological polar surface area (TPSA) is 18.5 Å². The Bertz CT molecular complexity index is 233. The van der Waals surface area contributed by atoms with Crippen molar-refractivity contribution in [3.8, 4) is 0 Å². The predicted octanol–water partition coefficient (Wildman–Crippen LogP) is 4.10. The molecular weight excluding hydrogens is 212 g/mol. The van der Waals surface area contributed by atoms with Crippen LogP contribution in [0.2, 0.25) is 0 Å². The van der Waals surface area contributed by atoms with Gasteiger partial charge in [-0.1, -0.05) is 25.3 Å². The Morgan fingerprint density at radius 1 is 1.24 bits per heavy atom. The largest absolute Gasteiger partial charge is 0.378 e. The smallest absolute Gasteiger partial charge is 0.0680 e. The Morgan fingerprint density at radius 2 is 2.06 bits per heavy atom. The van der Waals surface area contributed by atoms with Crippen molar-refractivity contribution in [3.05, 3.63) is 11.1 Å². The Hall–Kier alpha value is -0.340. The van der Waals surface area contributed by atoms with Crippen molar-refractivity contribution in [2.75, 3.05) is 19.8 Å². The van der Waals surface area contributed by atoms with Gasteiger partial charge in [0.25, 0.3) is 0 Å². The van der Waals surface area contributed by atoms with E-state index in [9.17, 15) is 0 Å². The van der Waals surface area contributed by atoms with E-state index in [0.29, 0.717) is 6.10 Å². The fourth-order valence-corrected chi connectivity index (χ4v) is 2.26. The van der Waals surface area contributed by atoms with Crippen LogP contribution in [0.25, 0.3) is 0 Å². The van der Waals surface area contributed by atoms with E-state index in [0.717, 1.165) is 26.2 Å². The molecule has 100 valence electrons. The molecule has 0 saturated heterocycles. The SMILES string of the molecule is CCCCCO[C@H]1CCC(C)=C(COCC)C1. The summed E-state index contributed by atoms with van der Waals surface area (Å²) in [6, 6.07) is 0. The van der Waals surface area contributed by atoms with Crippen molar-refractivity contribution in [2.24, 2.45) is 0 Å². The molecule has 2 heteroatoms. The molecule has 0 spiro atoms. The first-order valence-electron chi connectivity index (χ1n) is 7.14. The molecule has 0 aromatic heterocycles. The first-order valence-corrected chi connectivity index (χ1v) is 7.14. The van der Waals surface area contributed by atoms with Crippen molar-refractivity contribution in [2.45, 2.75) is 65.4 Å². The van der Waals surface area contributed by atoms with Crippen LogP contribution in [0.5, 0.6) is 0 Å². The minimum atomic E-state index is 0.436. The van der Waals surface area contributed by atoms with Gasteiger partial charge in [-0.3, -0.25) is 0 Å². The van der Waals surface area contributed by atoms with E-state index < -0.39 is 0 Å². The molecule has 0 aromatic carbocycles. The number of hydrogen-bond acceptors (Lipinski definition) is 2. The number of ether oxygens (including phenoxy) is 2. The molecular formula is C15H28O2. The lowest BCUT2D eigenvalue weighted by Gasteiger charge is -2.26. The van der Waals surface area contributed by atoms with E-state index in [1.54, 1.807) is 0 Å². The molecule has 0 bridgehead atoms. The minimum Gasteiger partial charge on any atom is -0.378 e. The van der Waals surface area contributed by atoms with Crippen LogP contribution < -0.4 is 0 Å². The highest BCUT2D eigenvalue weighted by molar-refractivity contribution is 5.17. The fraction of sp³-hybridized carbons (Fsp3) is 0.867. The third kappa shape index (κ3) is 5.69. The Morgan fingerprint density at radius 3 is 2.76 bits per heavy atom. The van der Waals surface area contributed by atoms with Gasteiger partial charge >= 0.3 is 0 Å². The van der Waals surface area contributed by atoms with E-state index in [1.807, 2.05) is 0 Å². The predicted molar refractivity (Wildman–Crippen MR) is 72.3 cm³/mol. The zero-order valence-electron chi connectivity index (χ0n) is 11.8. The number of unbranched alkanes of at least 4 members (excludes halogenated alkanes) is 2. The minimum absolute atomic E-state index is 0.436. The van der Waals surface area contributed by atoms with E-state index in [-0.39, 0.29) is 0 Å². The zero-order valence-corrected chi connectivity index (χ0v) is 11.8. The molecule has 0 N–H and O–H groups in total. The first-order chi connectivity index (χ1) is 8.27. The third-order valence-corrected chi connectivity index (χ3v) is 3.50. The lowest BCUT2D eigenvalue weighted by molar-refractivity contribution is 0.0377. The lowest BCUT2D eigenvalue weighted by Crippen LogP contribution is -2.21. The summed E-state index contributed by atoms with van der Waals surface area (Å²) in [4.78, 5) is 0. The van der Waals surface area contributed by atoms with E-state index in [1.165, 1.54) is 43.3 Å². The maximum Gasteiger partial charge on any atom is 0.0680 e. The summed E-state index contributed by atoms with van der Waals surface area (Å²) >= 11 is 0. The summed E-state index contributed by atoms with van der Waals surface area (Å²) in [7, 11) is 0. The molecule has 1 aliphatic carbocycles. The van der Waals surface area contributed by atoms with E-state index in [4.69, 9.17) is 9.47 Å². The quantitative estimate of drug-likeness (QED) is 0.470. The molecule has 1 aliphatic rings. The van der Waals surface area contributed by atoms with Gasteiger partial charge in [-0.15, -0.1) is 0 Å². The normalized spacial score (nSPS) is 21.0. The summed E-state index contributed by atoms with van der Waals surface area (Å²) in [5, 5.41) is 0. The molecule has 0 amide bonds. The van der Waals surface area contributed by atoms with Gasteiger partial charge in [-0.05, 0) is 45.1 Å². The third-order valence-electron chi connectivity index (χ3n) is 3.50. The van der Waals surface area contributed by atoms with Gasteiger partial charge in [-0.2, -0.15) is 0 Å². The second kappa shape index (κ2) is 8.71. The standard InChI is InChI=1S/C15H28O2/c1-4-6-7-10-17-15-9-8-13(3)14(11-15)12-16-5-2/h15H,4-12H2,1-3H3/t15-/m0/s1. The molecule has 17 heavy (non-hydrogen) atoms. The number of allylic oxidation sites excluding steroid dienone is 1. The van der Waals surface area contributed by atoms with Crippen molar-refractivity contribution in [1.82, 2.24) is 0 Å². The first kappa shape index (κ1) is 14.7. The summed E-state index contributed by atoms with van der Waals surface area (Å²) in [6.45, 7) is 9.06. The highest BCUT2D eigenvalue weighted by Crippen LogP contribution is 2.27. The second-order valence-corrected chi connectivity index (χ2v) is 4.96. The second-order valence-electron chi connectivity index (χ2n) is 4.96. The maximum absolute atomic E-state index is 5.95. The van der Waals surface area contributed by atoms with Crippen LogP contribution in [0.15, 0.2) is 11.1 Å². The molecule has 2 nitrogen and oxygen atoms in total. The van der Waals surface area contributed by atoms with Crippen molar-refractivity contribution in [3.63, 3.8) is 0 Å². The van der Waals surface area contributed by atoms with Crippen LogP contribution in [-0.4, -0.2) is 25.9 Å². The molecule has 1 atom stereocenters. The molecule has 0 fully saturated rings. The van der Waals surface area contributed by atoms with Crippen molar-refractivity contribution < 1.29 is 9.47 Å². The average molecular weight is 240 g/mol. The zero-order chi connectivity index (χ0) is 12.5. The average Bonchev–Trinajstić information content (AvgIpc) is 2.35. The van der Waals surface area contributed by atoms with Gasteiger partial charge in [0.05, 0.1) is 12.7 Å². The van der Waals surface area contributed by atoms with Crippen molar-refractivity contribution >= 4 is 0 Å². The molecule has 1 rings (SSSR count). The van der Waals surface area contributed by atoms with Gasteiger partial charge in [0.15, 0.2) is 0 Å². The van der Waals surface area contributed by atoms with Crippen LogP contribution in [0.3, 0.4) is 0 Å². The molecule has 0 unspecified atom stereocenters. The summed E-state index contributed by atoms with van der Waals surface area (Å²) in [5.41, 5.74) is 2.99. The summed E-state index contributed by atoms with van der Waals surface area (Å²) in [6.07, 6.45) is 7.64. The van der Waals surface area contributed by atoms with Crippen LogP contribution in [0.1, 0.15) is 59.3 Å². The van der Waals surface area contributed by atoms with Crippen LogP contribution in [0, 0.1) is 0 Å². The maximum atomic E-state index is 5.95. The molecule has 0 heterocycles. The molecule has 0 radical (unpaired) electrons. The van der Waals surface area contributed by atoms with Crippen LogP contribution >= 0.6 is 0 Å².